The SMILES string of the molecule is Cc1ccc(S(=O)(=O)OCCCc2nnc(-c3ccccc3)nn2)cc1. The van der Waals surface area contributed by atoms with Gasteiger partial charge < -0.3 is 0 Å². The first-order valence-electron chi connectivity index (χ1n) is 8.12. The quantitative estimate of drug-likeness (QED) is 0.466. The maximum atomic E-state index is 12.1. The highest BCUT2D eigenvalue weighted by Gasteiger charge is 2.14. The molecular weight excluding hydrogens is 352 g/mol. The molecule has 0 aliphatic carbocycles. The first kappa shape index (κ1) is 18.1. The molecule has 1 heterocycles. The second kappa shape index (κ2) is 8.11. The first-order valence-corrected chi connectivity index (χ1v) is 9.53. The lowest BCUT2D eigenvalue weighted by Gasteiger charge is -2.05. The summed E-state index contributed by atoms with van der Waals surface area (Å²) in [5.41, 5.74) is 1.83. The molecule has 0 amide bonds. The van der Waals surface area contributed by atoms with Crippen LogP contribution in [-0.4, -0.2) is 35.4 Å². The molecule has 0 saturated carbocycles. The predicted molar refractivity (Wildman–Crippen MR) is 95.7 cm³/mol. The van der Waals surface area contributed by atoms with Gasteiger partial charge in [0, 0.05) is 12.0 Å². The fraction of sp³-hybridized carbons (Fsp3) is 0.222. The second-order valence-electron chi connectivity index (χ2n) is 5.70. The van der Waals surface area contributed by atoms with Gasteiger partial charge in [-0.25, -0.2) is 0 Å². The number of benzene rings is 2. The largest absolute Gasteiger partial charge is 0.296 e. The standard InChI is InChI=1S/C18H18N4O3S/c1-14-9-11-16(12-10-14)26(23,24)25-13-5-8-17-19-21-18(22-20-17)15-6-3-2-4-7-15/h2-4,6-7,9-12H,5,8,13H2,1H3. The van der Waals surface area contributed by atoms with Gasteiger partial charge in [-0.2, -0.15) is 8.42 Å². The summed E-state index contributed by atoms with van der Waals surface area (Å²) in [6.07, 6.45) is 0.873. The molecule has 0 aliphatic rings. The Balaban J connectivity index is 1.51. The van der Waals surface area contributed by atoms with E-state index in [-0.39, 0.29) is 11.5 Å². The molecule has 0 unspecified atom stereocenters. The van der Waals surface area contributed by atoms with E-state index in [4.69, 9.17) is 4.18 Å². The van der Waals surface area contributed by atoms with Gasteiger partial charge in [0.05, 0.1) is 11.5 Å². The molecule has 1 aromatic heterocycles. The van der Waals surface area contributed by atoms with Crippen LogP contribution in [0.2, 0.25) is 0 Å². The molecule has 3 rings (SSSR count). The van der Waals surface area contributed by atoms with Gasteiger partial charge in [0.15, 0.2) is 5.82 Å². The lowest BCUT2D eigenvalue weighted by atomic mass is 10.2. The topological polar surface area (TPSA) is 94.9 Å². The molecule has 0 N–H and O–H groups in total. The Kier molecular flexibility index (Phi) is 5.65. The van der Waals surface area contributed by atoms with E-state index in [0.717, 1.165) is 11.1 Å². The Labute approximate surface area is 152 Å². The molecule has 7 nitrogen and oxygen atoms in total. The van der Waals surface area contributed by atoms with Gasteiger partial charge >= 0.3 is 0 Å². The van der Waals surface area contributed by atoms with Crippen molar-refractivity contribution in [2.24, 2.45) is 0 Å². The first-order chi connectivity index (χ1) is 12.5. The van der Waals surface area contributed by atoms with Crippen LogP contribution in [0.25, 0.3) is 11.4 Å². The molecule has 0 fully saturated rings. The minimum atomic E-state index is -3.75. The van der Waals surface area contributed by atoms with Gasteiger partial charge in [-0.05, 0) is 25.5 Å². The summed E-state index contributed by atoms with van der Waals surface area (Å²) in [6, 6.07) is 16.0. The summed E-state index contributed by atoms with van der Waals surface area (Å²) in [7, 11) is -3.75. The normalized spacial score (nSPS) is 11.4. The van der Waals surface area contributed by atoms with Gasteiger partial charge in [-0.15, -0.1) is 20.4 Å². The van der Waals surface area contributed by atoms with Crippen LogP contribution >= 0.6 is 0 Å². The van der Waals surface area contributed by atoms with Gasteiger partial charge in [-0.1, -0.05) is 48.0 Å². The zero-order valence-corrected chi connectivity index (χ0v) is 15.1. The number of rotatable bonds is 7. The van der Waals surface area contributed by atoms with Crippen LogP contribution in [0.4, 0.5) is 0 Å². The summed E-state index contributed by atoms with van der Waals surface area (Å²) >= 11 is 0. The average Bonchev–Trinajstić information content (AvgIpc) is 2.67. The molecular formula is C18H18N4O3S. The lowest BCUT2D eigenvalue weighted by Crippen LogP contribution is -2.09. The zero-order chi connectivity index (χ0) is 18.4. The maximum Gasteiger partial charge on any atom is 0.296 e. The van der Waals surface area contributed by atoms with Crippen molar-refractivity contribution in [3.05, 3.63) is 66.0 Å². The Hall–Kier alpha value is -2.71. The Morgan fingerprint density at radius 3 is 2.19 bits per heavy atom. The molecule has 134 valence electrons. The number of aryl methyl sites for hydroxylation is 2. The minimum Gasteiger partial charge on any atom is -0.266 e. The van der Waals surface area contributed by atoms with Crippen molar-refractivity contribution < 1.29 is 12.6 Å². The number of nitrogens with zero attached hydrogens (tertiary/aromatic N) is 4. The maximum absolute atomic E-state index is 12.1. The smallest absolute Gasteiger partial charge is 0.266 e. The van der Waals surface area contributed by atoms with Crippen molar-refractivity contribution >= 4 is 10.1 Å². The van der Waals surface area contributed by atoms with E-state index >= 15 is 0 Å². The number of hydrogen-bond acceptors (Lipinski definition) is 7. The van der Waals surface area contributed by atoms with E-state index in [1.165, 1.54) is 12.1 Å². The molecule has 0 bridgehead atoms. The van der Waals surface area contributed by atoms with Crippen molar-refractivity contribution in [3.8, 4) is 11.4 Å². The van der Waals surface area contributed by atoms with Crippen LogP contribution in [0.5, 0.6) is 0 Å². The van der Waals surface area contributed by atoms with E-state index in [2.05, 4.69) is 20.4 Å². The third kappa shape index (κ3) is 4.68. The third-order valence-electron chi connectivity index (χ3n) is 3.65. The van der Waals surface area contributed by atoms with Crippen molar-refractivity contribution in [3.63, 3.8) is 0 Å². The molecule has 0 spiro atoms. The van der Waals surface area contributed by atoms with Crippen LogP contribution in [-0.2, 0) is 20.7 Å². The molecule has 0 atom stereocenters. The third-order valence-corrected chi connectivity index (χ3v) is 4.97. The molecule has 8 heteroatoms. The highest BCUT2D eigenvalue weighted by atomic mass is 32.2. The highest BCUT2D eigenvalue weighted by molar-refractivity contribution is 7.86. The minimum absolute atomic E-state index is 0.0417. The summed E-state index contributed by atoms with van der Waals surface area (Å²) in [6.45, 7) is 1.93. The number of aromatic nitrogens is 4. The summed E-state index contributed by atoms with van der Waals surface area (Å²) in [4.78, 5) is 0.148. The molecule has 3 aromatic rings. The molecule has 26 heavy (non-hydrogen) atoms. The van der Waals surface area contributed by atoms with E-state index in [1.807, 2.05) is 37.3 Å². The summed E-state index contributed by atoms with van der Waals surface area (Å²) in [5.74, 6) is 0.897. The molecule has 2 aromatic carbocycles. The van der Waals surface area contributed by atoms with Crippen molar-refractivity contribution in [2.45, 2.75) is 24.7 Å². The van der Waals surface area contributed by atoms with Gasteiger partial charge in [0.25, 0.3) is 10.1 Å². The average molecular weight is 370 g/mol. The Morgan fingerprint density at radius 2 is 1.54 bits per heavy atom. The highest BCUT2D eigenvalue weighted by Crippen LogP contribution is 2.14. The van der Waals surface area contributed by atoms with E-state index < -0.39 is 10.1 Å². The van der Waals surface area contributed by atoms with E-state index in [9.17, 15) is 8.42 Å². The lowest BCUT2D eigenvalue weighted by molar-refractivity contribution is 0.311. The van der Waals surface area contributed by atoms with Gasteiger partial charge in [0.2, 0.25) is 5.82 Å². The fourth-order valence-corrected chi connectivity index (χ4v) is 3.17. The van der Waals surface area contributed by atoms with Crippen LogP contribution in [0, 0.1) is 6.92 Å². The van der Waals surface area contributed by atoms with Crippen molar-refractivity contribution in [1.29, 1.82) is 0 Å². The van der Waals surface area contributed by atoms with Gasteiger partial charge in [-0.3, -0.25) is 4.18 Å². The summed E-state index contributed by atoms with van der Waals surface area (Å²) < 4.78 is 29.2. The molecule has 0 radical (unpaired) electrons. The van der Waals surface area contributed by atoms with E-state index in [1.54, 1.807) is 12.1 Å². The van der Waals surface area contributed by atoms with Crippen LogP contribution in [0.15, 0.2) is 59.5 Å². The predicted octanol–water partition coefficient (Wildman–Crippen LogP) is 2.58. The molecule has 0 saturated heterocycles. The van der Waals surface area contributed by atoms with Gasteiger partial charge in [0.1, 0.15) is 0 Å². The Morgan fingerprint density at radius 1 is 0.885 bits per heavy atom. The summed E-state index contributed by atoms with van der Waals surface area (Å²) in [5, 5.41) is 16.2. The van der Waals surface area contributed by atoms with Crippen LogP contribution in [0.1, 0.15) is 17.8 Å². The van der Waals surface area contributed by atoms with Crippen LogP contribution in [0.3, 0.4) is 0 Å². The molecule has 0 aliphatic heterocycles. The Bertz CT molecular complexity index is 944. The second-order valence-corrected chi connectivity index (χ2v) is 7.31. The zero-order valence-electron chi connectivity index (χ0n) is 14.2. The van der Waals surface area contributed by atoms with Crippen molar-refractivity contribution in [1.82, 2.24) is 20.4 Å². The monoisotopic (exact) mass is 370 g/mol. The number of hydrogen-bond donors (Lipinski definition) is 0. The fourth-order valence-electron chi connectivity index (χ4n) is 2.22. The van der Waals surface area contributed by atoms with E-state index in [0.29, 0.717) is 24.5 Å². The van der Waals surface area contributed by atoms with Crippen molar-refractivity contribution in [2.75, 3.05) is 6.61 Å². The van der Waals surface area contributed by atoms with Crippen LogP contribution < -0.4 is 0 Å².